The minimum atomic E-state index is 0.422. The van der Waals surface area contributed by atoms with Gasteiger partial charge in [0.1, 0.15) is 18.1 Å². The summed E-state index contributed by atoms with van der Waals surface area (Å²) in [6.07, 6.45) is 0.701. The van der Waals surface area contributed by atoms with Crippen molar-refractivity contribution in [2.75, 3.05) is 13.7 Å². The second kappa shape index (κ2) is 7.43. The minimum absolute atomic E-state index is 0.422. The average molecular weight is 351 g/mol. The molecule has 21 heavy (non-hydrogen) atoms. The van der Waals surface area contributed by atoms with E-state index in [0.717, 1.165) is 32.9 Å². The molecule has 0 radical (unpaired) electrons. The molecule has 0 bridgehead atoms. The Hall–Kier alpha value is -1.59. The summed E-state index contributed by atoms with van der Waals surface area (Å²) in [4.78, 5) is 4.49. The van der Waals surface area contributed by atoms with Crippen LogP contribution in [0, 0.1) is 6.92 Å². The number of pyridine rings is 1. The SMILES string of the molecule is COc1ccc(Br)cc1COc1ccc(C)nc1CCN. The fourth-order valence-electron chi connectivity index (χ4n) is 2.06. The van der Waals surface area contributed by atoms with Gasteiger partial charge in [-0.2, -0.15) is 0 Å². The Balaban J connectivity index is 2.18. The van der Waals surface area contributed by atoms with Gasteiger partial charge in [0.25, 0.3) is 0 Å². The first-order chi connectivity index (χ1) is 10.1. The molecule has 1 heterocycles. The number of benzene rings is 1. The van der Waals surface area contributed by atoms with Crippen molar-refractivity contribution in [2.24, 2.45) is 5.73 Å². The average Bonchev–Trinajstić information content (AvgIpc) is 2.47. The van der Waals surface area contributed by atoms with Crippen LogP contribution in [0.15, 0.2) is 34.8 Å². The van der Waals surface area contributed by atoms with Gasteiger partial charge in [0.05, 0.1) is 12.8 Å². The summed E-state index contributed by atoms with van der Waals surface area (Å²) in [5.74, 6) is 1.58. The second-order valence-corrected chi connectivity index (χ2v) is 5.60. The molecule has 5 heteroatoms. The fraction of sp³-hybridized carbons (Fsp3) is 0.312. The molecule has 2 N–H and O–H groups in total. The van der Waals surface area contributed by atoms with Crippen LogP contribution in [-0.4, -0.2) is 18.6 Å². The Bertz CT molecular complexity index is 617. The highest BCUT2D eigenvalue weighted by atomic mass is 79.9. The molecular formula is C16H19BrN2O2. The van der Waals surface area contributed by atoms with Gasteiger partial charge in [-0.25, -0.2) is 0 Å². The van der Waals surface area contributed by atoms with E-state index in [1.807, 2.05) is 37.3 Å². The van der Waals surface area contributed by atoms with E-state index in [-0.39, 0.29) is 0 Å². The summed E-state index contributed by atoms with van der Waals surface area (Å²) in [6, 6.07) is 9.72. The molecule has 0 aliphatic rings. The normalized spacial score (nSPS) is 10.5. The minimum Gasteiger partial charge on any atom is -0.496 e. The van der Waals surface area contributed by atoms with Crippen LogP contribution in [0.3, 0.4) is 0 Å². The summed E-state index contributed by atoms with van der Waals surface area (Å²) < 4.78 is 12.3. The molecule has 0 atom stereocenters. The van der Waals surface area contributed by atoms with Crippen LogP contribution in [-0.2, 0) is 13.0 Å². The first kappa shape index (κ1) is 15.8. The van der Waals surface area contributed by atoms with Crippen LogP contribution >= 0.6 is 15.9 Å². The molecule has 0 unspecified atom stereocenters. The van der Waals surface area contributed by atoms with E-state index >= 15 is 0 Å². The van der Waals surface area contributed by atoms with Gasteiger partial charge in [-0.1, -0.05) is 15.9 Å². The third-order valence-electron chi connectivity index (χ3n) is 3.08. The zero-order valence-electron chi connectivity index (χ0n) is 12.2. The zero-order chi connectivity index (χ0) is 15.2. The summed E-state index contributed by atoms with van der Waals surface area (Å²) in [7, 11) is 1.65. The molecule has 0 saturated heterocycles. The van der Waals surface area contributed by atoms with Gasteiger partial charge in [-0.15, -0.1) is 0 Å². The molecule has 2 rings (SSSR count). The van der Waals surface area contributed by atoms with E-state index in [2.05, 4.69) is 20.9 Å². The monoisotopic (exact) mass is 350 g/mol. The number of ether oxygens (including phenoxy) is 2. The number of rotatable bonds is 6. The molecular weight excluding hydrogens is 332 g/mol. The van der Waals surface area contributed by atoms with Gasteiger partial charge in [0, 0.05) is 22.2 Å². The Labute approximate surface area is 133 Å². The van der Waals surface area contributed by atoms with E-state index in [1.54, 1.807) is 7.11 Å². The molecule has 0 saturated carbocycles. The molecule has 112 valence electrons. The van der Waals surface area contributed by atoms with Crippen molar-refractivity contribution in [1.82, 2.24) is 4.98 Å². The largest absolute Gasteiger partial charge is 0.496 e. The van der Waals surface area contributed by atoms with Gasteiger partial charge in [0.15, 0.2) is 0 Å². The molecule has 4 nitrogen and oxygen atoms in total. The van der Waals surface area contributed by atoms with E-state index in [4.69, 9.17) is 15.2 Å². The quantitative estimate of drug-likeness (QED) is 0.868. The van der Waals surface area contributed by atoms with Crippen molar-refractivity contribution in [2.45, 2.75) is 20.0 Å². The predicted octanol–water partition coefficient (Wildman–Crippen LogP) is 3.24. The van der Waals surface area contributed by atoms with Gasteiger partial charge in [0.2, 0.25) is 0 Å². The molecule has 0 spiro atoms. The number of aryl methyl sites for hydroxylation is 1. The number of nitrogens with zero attached hydrogens (tertiary/aromatic N) is 1. The van der Waals surface area contributed by atoms with Gasteiger partial charge >= 0.3 is 0 Å². The highest BCUT2D eigenvalue weighted by Crippen LogP contribution is 2.25. The summed E-state index contributed by atoms with van der Waals surface area (Å²) >= 11 is 3.46. The molecule has 1 aromatic carbocycles. The fourth-order valence-corrected chi connectivity index (χ4v) is 2.47. The lowest BCUT2D eigenvalue weighted by Crippen LogP contribution is -2.08. The molecule has 2 aromatic rings. The molecule has 1 aromatic heterocycles. The lowest BCUT2D eigenvalue weighted by molar-refractivity contribution is 0.292. The standard InChI is InChI=1S/C16H19BrN2O2/c1-11-3-5-16(14(19-11)7-8-18)21-10-12-9-13(17)4-6-15(12)20-2/h3-6,9H,7-8,10,18H2,1-2H3. The highest BCUT2D eigenvalue weighted by Gasteiger charge is 2.09. The summed E-state index contributed by atoms with van der Waals surface area (Å²) in [5.41, 5.74) is 8.47. The predicted molar refractivity (Wildman–Crippen MR) is 86.8 cm³/mol. The number of halogens is 1. The van der Waals surface area contributed by atoms with Gasteiger partial charge in [-0.3, -0.25) is 4.98 Å². The van der Waals surface area contributed by atoms with Crippen molar-refractivity contribution >= 4 is 15.9 Å². The highest BCUT2D eigenvalue weighted by molar-refractivity contribution is 9.10. The van der Waals surface area contributed by atoms with Gasteiger partial charge < -0.3 is 15.2 Å². The number of hydrogen-bond donors (Lipinski definition) is 1. The maximum absolute atomic E-state index is 5.91. The number of hydrogen-bond acceptors (Lipinski definition) is 4. The Kier molecular flexibility index (Phi) is 5.59. The van der Waals surface area contributed by atoms with Crippen LogP contribution < -0.4 is 15.2 Å². The zero-order valence-corrected chi connectivity index (χ0v) is 13.8. The van der Waals surface area contributed by atoms with Crippen molar-refractivity contribution in [3.63, 3.8) is 0 Å². The lowest BCUT2D eigenvalue weighted by atomic mass is 10.2. The number of aromatic nitrogens is 1. The third-order valence-corrected chi connectivity index (χ3v) is 3.57. The second-order valence-electron chi connectivity index (χ2n) is 4.68. The van der Waals surface area contributed by atoms with Crippen LogP contribution in [0.4, 0.5) is 0 Å². The van der Waals surface area contributed by atoms with Crippen LogP contribution in [0.1, 0.15) is 17.0 Å². The summed E-state index contributed by atoms with van der Waals surface area (Å²) in [6.45, 7) is 2.93. The first-order valence-corrected chi connectivity index (χ1v) is 7.55. The molecule has 0 aliphatic carbocycles. The Morgan fingerprint density at radius 2 is 1.95 bits per heavy atom. The topological polar surface area (TPSA) is 57.4 Å². The summed E-state index contributed by atoms with van der Waals surface area (Å²) in [5, 5.41) is 0. The molecule has 0 amide bonds. The van der Waals surface area contributed by atoms with Crippen LogP contribution in [0.5, 0.6) is 11.5 Å². The van der Waals surface area contributed by atoms with Crippen molar-refractivity contribution in [1.29, 1.82) is 0 Å². The molecule has 0 fully saturated rings. The smallest absolute Gasteiger partial charge is 0.141 e. The van der Waals surface area contributed by atoms with E-state index in [0.29, 0.717) is 19.6 Å². The van der Waals surface area contributed by atoms with E-state index in [1.165, 1.54) is 0 Å². The van der Waals surface area contributed by atoms with Crippen LogP contribution in [0.25, 0.3) is 0 Å². The van der Waals surface area contributed by atoms with E-state index in [9.17, 15) is 0 Å². The number of nitrogens with two attached hydrogens (primary N) is 1. The van der Waals surface area contributed by atoms with E-state index < -0.39 is 0 Å². The Morgan fingerprint density at radius 3 is 2.67 bits per heavy atom. The Morgan fingerprint density at radius 1 is 1.19 bits per heavy atom. The lowest BCUT2D eigenvalue weighted by Gasteiger charge is -2.13. The number of methoxy groups -OCH3 is 1. The maximum Gasteiger partial charge on any atom is 0.141 e. The van der Waals surface area contributed by atoms with Gasteiger partial charge in [-0.05, 0) is 43.8 Å². The first-order valence-electron chi connectivity index (χ1n) is 6.76. The van der Waals surface area contributed by atoms with Crippen LogP contribution in [0.2, 0.25) is 0 Å². The van der Waals surface area contributed by atoms with Crippen molar-refractivity contribution in [3.8, 4) is 11.5 Å². The van der Waals surface area contributed by atoms with Crippen molar-refractivity contribution < 1.29 is 9.47 Å². The molecule has 0 aliphatic heterocycles. The van der Waals surface area contributed by atoms with Crippen molar-refractivity contribution in [3.05, 3.63) is 51.8 Å². The third kappa shape index (κ3) is 4.19. The maximum atomic E-state index is 5.91.